The van der Waals surface area contributed by atoms with Gasteiger partial charge >= 0.3 is 5.97 Å². The monoisotopic (exact) mass is 306 g/mol. The maximum absolute atomic E-state index is 10.3. The molecule has 0 fully saturated rings. The molecule has 22 heavy (non-hydrogen) atoms. The van der Waals surface area contributed by atoms with Crippen LogP contribution in [0, 0.1) is 0 Å². The van der Waals surface area contributed by atoms with Crippen molar-refractivity contribution < 1.29 is 9.90 Å². The molecule has 0 spiro atoms. The predicted molar refractivity (Wildman–Crippen MR) is 96.1 cm³/mol. The molecule has 1 N–H and O–H groups in total. The van der Waals surface area contributed by atoms with E-state index in [1.807, 2.05) is 0 Å². The van der Waals surface area contributed by atoms with Crippen LogP contribution in [-0.4, -0.2) is 11.1 Å². The molecule has 0 aliphatic carbocycles. The van der Waals surface area contributed by atoms with Crippen molar-refractivity contribution in [2.45, 2.75) is 84.0 Å². The molecule has 0 rings (SSSR count). The Morgan fingerprint density at radius 1 is 0.727 bits per heavy atom. The lowest BCUT2D eigenvalue weighted by atomic mass is 10.1. The summed E-state index contributed by atoms with van der Waals surface area (Å²) in [5.74, 6) is -0.668. The van der Waals surface area contributed by atoms with E-state index in [2.05, 4.69) is 43.4 Å². The fourth-order valence-electron chi connectivity index (χ4n) is 2.25. The maximum atomic E-state index is 10.3. The molecule has 0 saturated carbocycles. The number of hydrogen-bond donors (Lipinski definition) is 1. The minimum absolute atomic E-state index is 0.328. The second-order valence-electron chi connectivity index (χ2n) is 5.70. The molecule has 0 unspecified atom stereocenters. The summed E-state index contributed by atoms with van der Waals surface area (Å²) in [4.78, 5) is 10.3. The van der Waals surface area contributed by atoms with Gasteiger partial charge in [0.25, 0.3) is 0 Å². The maximum Gasteiger partial charge on any atom is 0.303 e. The van der Waals surface area contributed by atoms with Gasteiger partial charge in [0.1, 0.15) is 0 Å². The zero-order valence-corrected chi connectivity index (χ0v) is 14.3. The van der Waals surface area contributed by atoms with Crippen LogP contribution in [0.5, 0.6) is 0 Å². The largest absolute Gasteiger partial charge is 0.481 e. The molecular weight excluding hydrogens is 272 g/mol. The number of carbonyl (C=O) groups is 1. The Bertz CT molecular complexity index is 327. The van der Waals surface area contributed by atoms with Crippen LogP contribution in [0.1, 0.15) is 84.0 Å². The van der Waals surface area contributed by atoms with Gasteiger partial charge in [-0.2, -0.15) is 0 Å². The average Bonchev–Trinajstić information content (AvgIpc) is 2.50. The number of carboxylic acids is 1. The number of carboxylic acid groups (broad SMARTS) is 1. The molecular formula is C20H34O2. The molecule has 0 atom stereocenters. The summed E-state index contributed by atoms with van der Waals surface area (Å²) in [6.45, 7) is 2.16. The molecule has 0 aromatic heterocycles. The molecule has 0 aliphatic heterocycles. The van der Waals surface area contributed by atoms with E-state index in [0.29, 0.717) is 6.42 Å². The Morgan fingerprint density at radius 3 is 1.82 bits per heavy atom. The van der Waals surface area contributed by atoms with Gasteiger partial charge in [-0.3, -0.25) is 4.79 Å². The molecule has 0 heterocycles. The minimum Gasteiger partial charge on any atom is -0.481 e. The zero-order chi connectivity index (χ0) is 16.3. The highest BCUT2D eigenvalue weighted by Gasteiger charge is 1.96. The Kier molecular flexibility index (Phi) is 16.7. The van der Waals surface area contributed by atoms with Crippen LogP contribution in [0.15, 0.2) is 36.5 Å². The van der Waals surface area contributed by atoms with Gasteiger partial charge in [0.05, 0.1) is 0 Å². The highest BCUT2D eigenvalue weighted by molar-refractivity contribution is 5.66. The van der Waals surface area contributed by atoms with Gasteiger partial charge in [-0.25, -0.2) is 0 Å². The first-order chi connectivity index (χ1) is 10.8. The van der Waals surface area contributed by atoms with E-state index in [0.717, 1.165) is 32.1 Å². The molecule has 0 bridgehead atoms. The quantitative estimate of drug-likeness (QED) is 0.279. The Labute approximate surface area is 137 Å². The van der Waals surface area contributed by atoms with E-state index < -0.39 is 5.97 Å². The smallest absolute Gasteiger partial charge is 0.303 e. The molecule has 126 valence electrons. The fourth-order valence-corrected chi connectivity index (χ4v) is 2.25. The van der Waals surface area contributed by atoms with Crippen molar-refractivity contribution >= 4 is 5.97 Å². The van der Waals surface area contributed by atoms with Gasteiger partial charge in [0.2, 0.25) is 0 Å². The molecule has 0 aromatic carbocycles. The summed E-state index contributed by atoms with van der Waals surface area (Å²) < 4.78 is 0. The summed E-state index contributed by atoms with van der Waals surface area (Å²) in [5.41, 5.74) is 0. The second-order valence-corrected chi connectivity index (χ2v) is 5.70. The SMILES string of the molecule is CC/C=C/C/C=C\C/C=C\CCCCCCCCCC(=O)O. The van der Waals surface area contributed by atoms with Gasteiger partial charge in [0.15, 0.2) is 0 Å². The van der Waals surface area contributed by atoms with E-state index in [4.69, 9.17) is 5.11 Å². The van der Waals surface area contributed by atoms with Crippen LogP contribution in [0.3, 0.4) is 0 Å². The summed E-state index contributed by atoms with van der Waals surface area (Å²) in [7, 11) is 0. The highest BCUT2D eigenvalue weighted by atomic mass is 16.4. The average molecular weight is 306 g/mol. The third-order valence-corrected chi connectivity index (χ3v) is 3.54. The number of allylic oxidation sites excluding steroid dienone is 6. The first kappa shape index (κ1) is 20.7. The van der Waals surface area contributed by atoms with Crippen molar-refractivity contribution in [2.24, 2.45) is 0 Å². The summed E-state index contributed by atoms with van der Waals surface area (Å²) in [5, 5.41) is 8.53. The molecule has 2 heteroatoms. The van der Waals surface area contributed by atoms with Gasteiger partial charge < -0.3 is 5.11 Å². The second kappa shape index (κ2) is 17.7. The van der Waals surface area contributed by atoms with Crippen molar-refractivity contribution in [1.82, 2.24) is 0 Å². The lowest BCUT2D eigenvalue weighted by Crippen LogP contribution is -1.93. The van der Waals surface area contributed by atoms with Crippen molar-refractivity contribution in [3.8, 4) is 0 Å². The van der Waals surface area contributed by atoms with Crippen LogP contribution in [0.2, 0.25) is 0 Å². The molecule has 2 nitrogen and oxygen atoms in total. The topological polar surface area (TPSA) is 37.3 Å². The van der Waals surface area contributed by atoms with Crippen molar-refractivity contribution in [1.29, 1.82) is 0 Å². The van der Waals surface area contributed by atoms with Crippen LogP contribution in [0.4, 0.5) is 0 Å². The van der Waals surface area contributed by atoms with Crippen molar-refractivity contribution in [3.05, 3.63) is 36.5 Å². The predicted octanol–water partition coefficient (Wildman–Crippen LogP) is 6.44. The molecule has 0 aromatic rings. The number of aliphatic carboxylic acids is 1. The van der Waals surface area contributed by atoms with Gasteiger partial charge in [0, 0.05) is 6.42 Å². The molecule has 0 amide bonds. The fraction of sp³-hybridized carbons (Fsp3) is 0.650. The van der Waals surface area contributed by atoms with Crippen LogP contribution in [-0.2, 0) is 4.79 Å². The first-order valence-corrected chi connectivity index (χ1v) is 8.94. The van der Waals surface area contributed by atoms with Gasteiger partial charge in [-0.1, -0.05) is 75.5 Å². The third-order valence-electron chi connectivity index (χ3n) is 3.54. The third kappa shape index (κ3) is 18.7. The van der Waals surface area contributed by atoms with Crippen LogP contribution >= 0.6 is 0 Å². The zero-order valence-electron chi connectivity index (χ0n) is 14.3. The van der Waals surface area contributed by atoms with Crippen molar-refractivity contribution in [2.75, 3.05) is 0 Å². The summed E-state index contributed by atoms with van der Waals surface area (Å²) in [6.07, 6.45) is 26.3. The van der Waals surface area contributed by atoms with E-state index in [-0.39, 0.29) is 0 Å². The van der Waals surface area contributed by atoms with E-state index >= 15 is 0 Å². The van der Waals surface area contributed by atoms with Crippen LogP contribution in [0.25, 0.3) is 0 Å². The van der Waals surface area contributed by atoms with Crippen LogP contribution < -0.4 is 0 Å². The first-order valence-electron chi connectivity index (χ1n) is 8.94. The molecule has 0 radical (unpaired) electrons. The highest BCUT2D eigenvalue weighted by Crippen LogP contribution is 2.10. The number of hydrogen-bond acceptors (Lipinski definition) is 1. The summed E-state index contributed by atoms with van der Waals surface area (Å²) >= 11 is 0. The Balaban J connectivity index is 3.20. The van der Waals surface area contributed by atoms with E-state index in [1.165, 1.54) is 38.5 Å². The van der Waals surface area contributed by atoms with Gasteiger partial charge in [-0.05, 0) is 38.5 Å². The Morgan fingerprint density at radius 2 is 1.23 bits per heavy atom. The number of unbranched alkanes of at least 4 members (excludes halogenated alkanes) is 7. The lowest BCUT2D eigenvalue weighted by Gasteiger charge is -2.00. The molecule has 0 aliphatic rings. The van der Waals surface area contributed by atoms with Gasteiger partial charge in [-0.15, -0.1) is 0 Å². The lowest BCUT2D eigenvalue weighted by molar-refractivity contribution is -0.137. The normalized spacial score (nSPS) is 12.0. The van der Waals surface area contributed by atoms with Crippen molar-refractivity contribution in [3.63, 3.8) is 0 Å². The summed E-state index contributed by atoms with van der Waals surface area (Å²) in [6, 6.07) is 0. The van der Waals surface area contributed by atoms with E-state index in [1.54, 1.807) is 0 Å². The van der Waals surface area contributed by atoms with E-state index in [9.17, 15) is 4.79 Å². The minimum atomic E-state index is -0.668. The number of rotatable bonds is 15. The Hall–Kier alpha value is -1.31. The standard InChI is InChI=1S/C20H34O2/c1-2-3-4-5-6-7-8-9-10-11-12-13-14-15-16-17-18-19-20(21)22/h3-4,6-7,9-10H,2,5,8,11-19H2,1H3,(H,21,22)/b4-3+,7-6-,10-9-. The molecule has 0 saturated heterocycles.